The van der Waals surface area contributed by atoms with E-state index in [0.29, 0.717) is 38.4 Å². The summed E-state index contributed by atoms with van der Waals surface area (Å²) < 4.78 is 11.3. The highest BCUT2D eigenvalue weighted by atomic mass is 35.5. The number of aryl methyl sites for hydroxylation is 1. The number of amides is 2. The van der Waals surface area contributed by atoms with Gasteiger partial charge in [-0.1, -0.05) is 53.5 Å². The summed E-state index contributed by atoms with van der Waals surface area (Å²) in [5.41, 5.74) is 4.72. The van der Waals surface area contributed by atoms with Crippen LogP contribution in [0.1, 0.15) is 16.7 Å². The van der Waals surface area contributed by atoms with Gasteiger partial charge in [-0.3, -0.25) is 9.59 Å². The van der Waals surface area contributed by atoms with Crippen LogP contribution in [0.25, 0.3) is 0 Å². The van der Waals surface area contributed by atoms with Gasteiger partial charge in [0.2, 0.25) is 0 Å². The van der Waals surface area contributed by atoms with Gasteiger partial charge in [0, 0.05) is 26.9 Å². The second-order valence-corrected chi connectivity index (χ2v) is 7.65. The van der Waals surface area contributed by atoms with Crippen molar-refractivity contribution in [3.63, 3.8) is 0 Å². The summed E-state index contributed by atoms with van der Waals surface area (Å²) in [6.07, 6.45) is 1.35. The highest BCUT2D eigenvalue weighted by Crippen LogP contribution is 2.33. The Balaban J connectivity index is 1.70. The number of nitrogens with one attached hydrogen (secondary N) is 2. The first-order valence-corrected chi connectivity index (χ1v) is 10.6. The molecule has 2 N–H and O–H groups in total. The van der Waals surface area contributed by atoms with Crippen molar-refractivity contribution in [1.29, 1.82) is 0 Å². The number of carbonyl (C=O) groups is 2. The molecule has 170 valence electrons. The molecule has 0 aliphatic rings. The number of methoxy groups -OCH3 is 1. The zero-order valence-corrected chi connectivity index (χ0v) is 19.4. The molecule has 0 saturated heterocycles. The van der Waals surface area contributed by atoms with Gasteiger partial charge in [-0.25, -0.2) is 5.43 Å². The summed E-state index contributed by atoms with van der Waals surface area (Å²) in [6.45, 7) is 1.91. The number of carbonyl (C=O) groups excluding carboxylic acids is 2. The second-order valence-electron chi connectivity index (χ2n) is 6.84. The van der Waals surface area contributed by atoms with E-state index >= 15 is 0 Å². The minimum atomic E-state index is -0.914. The van der Waals surface area contributed by atoms with Gasteiger partial charge in [-0.15, -0.1) is 0 Å². The summed E-state index contributed by atoms with van der Waals surface area (Å²) in [5.74, 6) is -0.927. The summed E-state index contributed by atoms with van der Waals surface area (Å²) in [7, 11) is 1.50. The summed E-state index contributed by atoms with van der Waals surface area (Å²) in [4.78, 5) is 24.3. The lowest BCUT2D eigenvalue weighted by Gasteiger charge is -2.14. The molecule has 9 heteroatoms. The van der Waals surface area contributed by atoms with Gasteiger partial charge < -0.3 is 14.8 Å². The van der Waals surface area contributed by atoms with E-state index in [1.54, 1.807) is 48.5 Å². The van der Waals surface area contributed by atoms with Gasteiger partial charge in [-0.2, -0.15) is 5.10 Å². The number of halogens is 2. The fraction of sp³-hybridized carbons (Fsp3) is 0.125. The molecule has 0 aliphatic carbocycles. The second kappa shape index (κ2) is 11.4. The topological polar surface area (TPSA) is 89.0 Å². The van der Waals surface area contributed by atoms with Crippen molar-refractivity contribution in [2.75, 3.05) is 12.4 Å². The lowest BCUT2D eigenvalue weighted by Crippen LogP contribution is -2.32. The smallest absolute Gasteiger partial charge is 0.329 e. The van der Waals surface area contributed by atoms with Gasteiger partial charge in [0.05, 0.1) is 13.3 Å². The van der Waals surface area contributed by atoms with E-state index < -0.39 is 11.8 Å². The predicted octanol–water partition coefficient (Wildman–Crippen LogP) is 4.98. The number of nitrogens with zero attached hydrogens (tertiary/aromatic N) is 1. The van der Waals surface area contributed by atoms with Crippen LogP contribution >= 0.6 is 23.2 Å². The maximum absolute atomic E-state index is 12.1. The Morgan fingerprint density at radius 2 is 1.67 bits per heavy atom. The number of para-hydroxylation sites is 2. The quantitative estimate of drug-likeness (QED) is 0.280. The molecule has 0 fully saturated rings. The Bertz CT molecular complexity index is 1180. The van der Waals surface area contributed by atoms with E-state index in [0.717, 1.165) is 5.56 Å². The molecule has 0 bridgehead atoms. The Labute approximate surface area is 201 Å². The van der Waals surface area contributed by atoms with Crippen molar-refractivity contribution < 1.29 is 19.1 Å². The van der Waals surface area contributed by atoms with Gasteiger partial charge >= 0.3 is 11.8 Å². The van der Waals surface area contributed by atoms with Crippen molar-refractivity contribution >= 4 is 46.9 Å². The standard InChI is InChI=1S/C24H21Cl2N3O4/c1-15-7-3-4-11-20(15)28-23(30)24(31)29-27-13-16-8-5-12-21(32-2)22(16)33-14-17-18(25)9-6-10-19(17)26/h3-13H,14H2,1-2H3,(H,28,30)(H,29,31)/b27-13-. The number of hydrazone groups is 1. The lowest BCUT2D eigenvalue weighted by molar-refractivity contribution is -0.136. The molecule has 3 rings (SSSR count). The molecule has 0 heterocycles. The van der Waals surface area contributed by atoms with Crippen molar-refractivity contribution in [3.05, 3.63) is 87.4 Å². The van der Waals surface area contributed by atoms with Crippen LogP contribution in [0.2, 0.25) is 10.0 Å². The Morgan fingerprint density at radius 3 is 2.36 bits per heavy atom. The molecule has 0 aliphatic heterocycles. The normalized spacial score (nSPS) is 10.7. The molecule has 0 radical (unpaired) electrons. The van der Waals surface area contributed by atoms with Crippen molar-refractivity contribution in [2.45, 2.75) is 13.5 Å². The number of hydrogen-bond donors (Lipinski definition) is 2. The van der Waals surface area contributed by atoms with Gasteiger partial charge in [0.1, 0.15) is 6.61 Å². The monoisotopic (exact) mass is 485 g/mol. The molecular formula is C24H21Cl2N3O4. The van der Waals surface area contributed by atoms with Gasteiger partial charge in [0.25, 0.3) is 0 Å². The molecule has 3 aromatic carbocycles. The molecule has 7 nitrogen and oxygen atoms in total. The largest absolute Gasteiger partial charge is 0.493 e. The van der Waals surface area contributed by atoms with Crippen LogP contribution in [-0.4, -0.2) is 25.1 Å². The summed E-state index contributed by atoms with van der Waals surface area (Å²) >= 11 is 12.4. The number of ether oxygens (including phenoxy) is 2. The molecule has 3 aromatic rings. The van der Waals surface area contributed by atoms with Crippen LogP contribution in [0, 0.1) is 6.92 Å². The zero-order chi connectivity index (χ0) is 23.8. The van der Waals surface area contributed by atoms with E-state index in [4.69, 9.17) is 32.7 Å². The van der Waals surface area contributed by atoms with Crippen LogP contribution in [0.5, 0.6) is 11.5 Å². The predicted molar refractivity (Wildman–Crippen MR) is 129 cm³/mol. The van der Waals surface area contributed by atoms with Gasteiger partial charge in [0.15, 0.2) is 11.5 Å². The molecule has 2 amide bonds. The highest BCUT2D eigenvalue weighted by molar-refractivity contribution is 6.39. The van der Waals surface area contributed by atoms with Crippen molar-refractivity contribution in [2.24, 2.45) is 5.10 Å². The lowest BCUT2D eigenvalue weighted by atomic mass is 10.2. The maximum Gasteiger partial charge on any atom is 0.329 e. The number of anilines is 1. The van der Waals surface area contributed by atoms with Crippen LogP contribution in [-0.2, 0) is 16.2 Å². The van der Waals surface area contributed by atoms with E-state index in [-0.39, 0.29) is 6.61 Å². The van der Waals surface area contributed by atoms with E-state index in [1.165, 1.54) is 13.3 Å². The van der Waals surface area contributed by atoms with Gasteiger partial charge in [-0.05, 0) is 42.8 Å². The van der Waals surface area contributed by atoms with E-state index in [2.05, 4.69) is 15.8 Å². The Kier molecular flexibility index (Phi) is 8.29. The van der Waals surface area contributed by atoms with Crippen LogP contribution in [0.15, 0.2) is 65.8 Å². The van der Waals surface area contributed by atoms with E-state index in [9.17, 15) is 9.59 Å². The molecule has 0 spiro atoms. The van der Waals surface area contributed by atoms with Crippen LogP contribution < -0.4 is 20.2 Å². The molecule has 0 atom stereocenters. The van der Waals surface area contributed by atoms with E-state index in [1.807, 2.05) is 19.1 Å². The third-order valence-corrected chi connectivity index (χ3v) is 5.33. The summed E-state index contributed by atoms with van der Waals surface area (Å²) in [5, 5.41) is 7.37. The highest BCUT2D eigenvalue weighted by Gasteiger charge is 2.15. The number of hydrogen-bond acceptors (Lipinski definition) is 5. The van der Waals surface area contributed by atoms with Crippen LogP contribution in [0.3, 0.4) is 0 Å². The molecule has 33 heavy (non-hydrogen) atoms. The summed E-state index contributed by atoms with van der Waals surface area (Å²) in [6, 6.07) is 17.5. The average Bonchev–Trinajstić information content (AvgIpc) is 2.80. The first-order valence-electron chi connectivity index (χ1n) is 9.83. The van der Waals surface area contributed by atoms with Crippen LogP contribution in [0.4, 0.5) is 5.69 Å². The fourth-order valence-corrected chi connectivity index (χ4v) is 3.37. The minimum Gasteiger partial charge on any atom is -0.493 e. The zero-order valence-electron chi connectivity index (χ0n) is 17.9. The SMILES string of the molecule is COc1cccc(/C=N\NC(=O)C(=O)Nc2ccccc2C)c1OCc1c(Cl)cccc1Cl. The molecule has 0 unspecified atom stereocenters. The first kappa shape index (κ1) is 24.1. The van der Waals surface area contributed by atoms with Crippen molar-refractivity contribution in [1.82, 2.24) is 5.43 Å². The molecule has 0 aromatic heterocycles. The Hall–Kier alpha value is -3.55. The number of benzene rings is 3. The maximum atomic E-state index is 12.1. The number of rotatable bonds is 7. The third kappa shape index (κ3) is 6.25. The Morgan fingerprint density at radius 1 is 0.970 bits per heavy atom. The average molecular weight is 486 g/mol. The molecular weight excluding hydrogens is 465 g/mol. The molecule has 0 saturated carbocycles. The third-order valence-electron chi connectivity index (χ3n) is 4.62. The minimum absolute atomic E-state index is 0.0882. The fourth-order valence-electron chi connectivity index (χ4n) is 2.87. The van der Waals surface area contributed by atoms with Crippen molar-refractivity contribution in [3.8, 4) is 11.5 Å². The first-order chi connectivity index (χ1) is 15.9.